The maximum Gasteiger partial charge on any atom is 0.240 e. The number of nitrogens with zero attached hydrogens (tertiary/aromatic N) is 1. The molecule has 2 fully saturated rings. The van der Waals surface area contributed by atoms with Crippen LogP contribution in [0, 0.1) is 5.82 Å². The number of amides is 1. The Morgan fingerprint density at radius 1 is 1.43 bits per heavy atom. The molecule has 1 aliphatic heterocycles. The van der Waals surface area contributed by atoms with E-state index in [2.05, 4.69) is 5.32 Å². The first-order valence-electron chi connectivity index (χ1n) is 8.31. The second-order valence-corrected chi connectivity index (χ2v) is 7.28. The summed E-state index contributed by atoms with van der Waals surface area (Å²) in [5.41, 5.74) is 0.418. The second kappa shape index (κ2) is 6.21. The summed E-state index contributed by atoms with van der Waals surface area (Å²) >= 11 is 0. The molecule has 4 nitrogen and oxygen atoms in total. The summed E-state index contributed by atoms with van der Waals surface area (Å²) in [4.78, 5) is 14.7. The predicted octanol–water partition coefficient (Wildman–Crippen LogP) is 2.64. The van der Waals surface area contributed by atoms with E-state index in [1.807, 2.05) is 31.7 Å². The molecule has 3 rings (SSSR count). The summed E-state index contributed by atoms with van der Waals surface area (Å²) in [5.74, 6) is -0.191. The van der Waals surface area contributed by atoms with Crippen molar-refractivity contribution in [2.45, 2.75) is 57.3 Å². The third-order valence-electron chi connectivity index (χ3n) is 4.64. The Morgan fingerprint density at radius 2 is 2.17 bits per heavy atom. The van der Waals surface area contributed by atoms with E-state index in [0.717, 1.165) is 18.4 Å². The van der Waals surface area contributed by atoms with Crippen LogP contribution in [0.2, 0.25) is 0 Å². The van der Waals surface area contributed by atoms with Gasteiger partial charge in [-0.25, -0.2) is 4.39 Å². The molecule has 1 N–H and O–H groups in total. The van der Waals surface area contributed by atoms with Gasteiger partial charge < -0.3 is 15.0 Å². The number of carbonyl (C=O) groups is 1. The van der Waals surface area contributed by atoms with Crippen molar-refractivity contribution in [1.29, 1.82) is 0 Å². The average Bonchev–Trinajstić information content (AvgIpc) is 3.30. The van der Waals surface area contributed by atoms with E-state index in [0.29, 0.717) is 19.2 Å². The fourth-order valence-electron chi connectivity index (χ4n) is 3.05. The molecule has 23 heavy (non-hydrogen) atoms. The number of ether oxygens (including phenoxy) is 1. The first-order chi connectivity index (χ1) is 10.9. The predicted molar refractivity (Wildman–Crippen MR) is 86.5 cm³/mol. The minimum atomic E-state index is -0.361. The molecule has 1 heterocycles. The molecule has 0 radical (unpaired) electrons. The van der Waals surface area contributed by atoms with Crippen molar-refractivity contribution in [2.75, 3.05) is 13.2 Å². The van der Waals surface area contributed by atoms with Crippen molar-refractivity contribution < 1.29 is 13.9 Å². The van der Waals surface area contributed by atoms with Crippen LogP contribution in [0.15, 0.2) is 24.3 Å². The zero-order valence-corrected chi connectivity index (χ0v) is 14.0. The SMILES string of the molecule is CC(NC1CC1)C(=O)N1CC(c2cccc(F)c2)OCC1(C)C. The Hall–Kier alpha value is -1.46. The lowest BCUT2D eigenvalue weighted by Crippen LogP contribution is -2.60. The Labute approximate surface area is 137 Å². The van der Waals surface area contributed by atoms with Crippen LogP contribution in [0.25, 0.3) is 0 Å². The number of hydrogen-bond donors (Lipinski definition) is 1. The quantitative estimate of drug-likeness (QED) is 0.927. The van der Waals surface area contributed by atoms with Crippen LogP contribution in [-0.2, 0) is 9.53 Å². The molecule has 1 saturated heterocycles. The molecular weight excluding hydrogens is 295 g/mol. The second-order valence-electron chi connectivity index (χ2n) is 7.28. The van der Waals surface area contributed by atoms with E-state index >= 15 is 0 Å². The molecule has 0 aromatic heterocycles. The van der Waals surface area contributed by atoms with Gasteiger partial charge >= 0.3 is 0 Å². The van der Waals surface area contributed by atoms with Crippen molar-refractivity contribution in [3.05, 3.63) is 35.6 Å². The van der Waals surface area contributed by atoms with Crippen molar-refractivity contribution >= 4 is 5.91 Å². The molecule has 126 valence electrons. The highest BCUT2D eigenvalue weighted by atomic mass is 19.1. The summed E-state index contributed by atoms with van der Waals surface area (Å²) in [5, 5.41) is 3.36. The summed E-state index contributed by atoms with van der Waals surface area (Å²) in [6.07, 6.45) is 2.02. The van der Waals surface area contributed by atoms with E-state index in [1.54, 1.807) is 6.07 Å². The largest absolute Gasteiger partial charge is 0.369 e. The van der Waals surface area contributed by atoms with Gasteiger partial charge in [0.1, 0.15) is 11.9 Å². The number of halogens is 1. The third kappa shape index (κ3) is 3.72. The van der Waals surface area contributed by atoms with Gasteiger partial charge in [0.2, 0.25) is 5.91 Å². The summed E-state index contributed by atoms with van der Waals surface area (Å²) < 4.78 is 19.4. The van der Waals surface area contributed by atoms with Gasteiger partial charge in [0, 0.05) is 6.04 Å². The van der Waals surface area contributed by atoms with Crippen LogP contribution in [0.4, 0.5) is 4.39 Å². The molecule has 5 heteroatoms. The number of rotatable bonds is 4. The molecule has 2 unspecified atom stereocenters. The number of hydrogen-bond acceptors (Lipinski definition) is 3. The smallest absolute Gasteiger partial charge is 0.240 e. The topological polar surface area (TPSA) is 41.6 Å². The maximum absolute atomic E-state index is 13.5. The lowest BCUT2D eigenvalue weighted by Gasteiger charge is -2.46. The maximum atomic E-state index is 13.5. The highest BCUT2D eigenvalue weighted by Gasteiger charge is 2.40. The van der Waals surface area contributed by atoms with Gasteiger partial charge in [0.05, 0.1) is 24.7 Å². The van der Waals surface area contributed by atoms with Crippen LogP contribution in [-0.4, -0.2) is 41.6 Å². The van der Waals surface area contributed by atoms with Gasteiger partial charge in [-0.2, -0.15) is 0 Å². The van der Waals surface area contributed by atoms with E-state index in [-0.39, 0.29) is 29.4 Å². The Balaban J connectivity index is 1.74. The van der Waals surface area contributed by atoms with Crippen LogP contribution in [0.3, 0.4) is 0 Å². The van der Waals surface area contributed by atoms with Crippen LogP contribution in [0.5, 0.6) is 0 Å². The highest BCUT2D eigenvalue weighted by molar-refractivity contribution is 5.82. The van der Waals surface area contributed by atoms with Crippen molar-refractivity contribution in [3.8, 4) is 0 Å². The number of benzene rings is 1. The van der Waals surface area contributed by atoms with Gasteiger partial charge in [0.15, 0.2) is 0 Å². The summed E-state index contributed by atoms with van der Waals surface area (Å²) in [6, 6.07) is 6.71. The number of morpholine rings is 1. The molecule has 1 saturated carbocycles. The Kier molecular flexibility index (Phi) is 4.43. The van der Waals surface area contributed by atoms with Crippen molar-refractivity contribution in [3.63, 3.8) is 0 Å². The van der Waals surface area contributed by atoms with Crippen LogP contribution in [0.1, 0.15) is 45.3 Å². The molecule has 1 aromatic carbocycles. The molecule has 0 bridgehead atoms. The lowest BCUT2D eigenvalue weighted by atomic mass is 9.97. The summed E-state index contributed by atoms with van der Waals surface area (Å²) in [6.45, 7) is 6.83. The molecule has 0 spiro atoms. The molecule has 1 aliphatic carbocycles. The monoisotopic (exact) mass is 320 g/mol. The fourth-order valence-corrected chi connectivity index (χ4v) is 3.05. The zero-order valence-electron chi connectivity index (χ0n) is 14.0. The normalized spacial score (nSPS) is 25.2. The lowest BCUT2D eigenvalue weighted by molar-refractivity contribution is -0.156. The van der Waals surface area contributed by atoms with Gasteiger partial charge in [-0.15, -0.1) is 0 Å². The Bertz CT molecular complexity index is 586. The van der Waals surface area contributed by atoms with Crippen LogP contribution < -0.4 is 5.32 Å². The van der Waals surface area contributed by atoms with Gasteiger partial charge in [0.25, 0.3) is 0 Å². The average molecular weight is 320 g/mol. The van der Waals surface area contributed by atoms with Crippen molar-refractivity contribution in [2.24, 2.45) is 0 Å². The molecule has 1 aromatic rings. The fraction of sp³-hybridized carbons (Fsp3) is 0.611. The van der Waals surface area contributed by atoms with E-state index in [4.69, 9.17) is 4.74 Å². The highest BCUT2D eigenvalue weighted by Crippen LogP contribution is 2.31. The minimum absolute atomic E-state index is 0.0894. The minimum Gasteiger partial charge on any atom is -0.369 e. The van der Waals surface area contributed by atoms with Gasteiger partial charge in [-0.1, -0.05) is 12.1 Å². The molecule has 2 aliphatic rings. The first kappa shape index (κ1) is 16.4. The van der Waals surface area contributed by atoms with E-state index in [9.17, 15) is 9.18 Å². The molecule has 2 atom stereocenters. The molecule has 1 amide bonds. The first-order valence-corrected chi connectivity index (χ1v) is 8.31. The number of carbonyl (C=O) groups excluding carboxylic acids is 1. The van der Waals surface area contributed by atoms with Gasteiger partial charge in [-0.05, 0) is 51.3 Å². The molecular formula is C18H25FN2O2. The van der Waals surface area contributed by atoms with Crippen LogP contribution >= 0.6 is 0 Å². The Morgan fingerprint density at radius 3 is 2.83 bits per heavy atom. The van der Waals surface area contributed by atoms with E-state index in [1.165, 1.54) is 12.1 Å². The number of nitrogens with one attached hydrogen (secondary N) is 1. The van der Waals surface area contributed by atoms with Gasteiger partial charge in [-0.3, -0.25) is 4.79 Å². The standard InChI is InChI=1S/C18H25FN2O2/c1-12(20-15-7-8-15)17(22)21-10-16(23-11-18(21,2)3)13-5-4-6-14(19)9-13/h4-6,9,12,15-16,20H,7-8,10-11H2,1-3H3. The zero-order chi connectivity index (χ0) is 16.6. The van der Waals surface area contributed by atoms with Crippen molar-refractivity contribution in [1.82, 2.24) is 10.2 Å². The van der Waals surface area contributed by atoms with E-state index < -0.39 is 0 Å². The summed E-state index contributed by atoms with van der Waals surface area (Å²) in [7, 11) is 0. The third-order valence-corrected chi connectivity index (χ3v) is 4.64.